The highest BCUT2D eigenvalue weighted by Gasteiger charge is 2.30. The number of thiophene rings is 1. The topological polar surface area (TPSA) is 91.4 Å². The number of rotatable bonds is 5. The third-order valence-electron chi connectivity index (χ3n) is 4.37. The number of amides is 1. The Bertz CT molecular complexity index is 896. The zero-order valence-electron chi connectivity index (χ0n) is 14.9. The molecule has 0 saturated carbocycles. The lowest BCUT2D eigenvalue weighted by Crippen LogP contribution is -2.43. The van der Waals surface area contributed by atoms with Gasteiger partial charge in [-0.25, -0.2) is 13.4 Å². The van der Waals surface area contributed by atoms with E-state index < -0.39 is 10.0 Å². The molecule has 1 amide bonds. The Balaban J connectivity index is 1.81. The predicted molar refractivity (Wildman–Crippen MR) is 105 cm³/mol. The first-order valence-corrected chi connectivity index (χ1v) is 11.5. The van der Waals surface area contributed by atoms with Gasteiger partial charge in [-0.15, -0.1) is 11.3 Å². The number of nitrogens with zero attached hydrogens (tertiary/aromatic N) is 2. The molecule has 1 saturated heterocycles. The Morgan fingerprint density at radius 3 is 2.65 bits per heavy atom. The van der Waals surface area contributed by atoms with Crippen LogP contribution in [0.2, 0.25) is 0 Å². The molecule has 0 aromatic carbocycles. The quantitative estimate of drug-likeness (QED) is 0.784. The van der Waals surface area contributed by atoms with E-state index in [9.17, 15) is 13.2 Å². The van der Waals surface area contributed by atoms with Crippen LogP contribution in [0, 0.1) is 6.92 Å². The zero-order valence-corrected chi connectivity index (χ0v) is 17.4. The fourth-order valence-electron chi connectivity index (χ4n) is 2.95. The van der Waals surface area contributed by atoms with E-state index in [0.717, 1.165) is 29.0 Å². The van der Waals surface area contributed by atoms with Crippen molar-refractivity contribution in [2.24, 2.45) is 0 Å². The zero-order chi connectivity index (χ0) is 18.9. The molecule has 0 spiro atoms. The van der Waals surface area contributed by atoms with Gasteiger partial charge < -0.3 is 10.6 Å². The molecular formula is C16H22N4O3S3. The standard InChI is InChI=1S/C16H22N4O3S3/c1-10-15(25-16(18-10)19-11(2)21)12-8-14(24-9-12)26(22,23)20-6-4-13(17-3)5-7-20/h8-9,13,17H,4-7H2,1-3H3,(H,18,19,21). The second kappa shape index (κ2) is 7.73. The summed E-state index contributed by atoms with van der Waals surface area (Å²) in [5.74, 6) is -0.177. The summed E-state index contributed by atoms with van der Waals surface area (Å²) in [5, 5.41) is 8.24. The van der Waals surface area contributed by atoms with Gasteiger partial charge in [0.05, 0.1) is 10.6 Å². The van der Waals surface area contributed by atoms with Gasteiger partial charge in [-0.2, -0.15) is 4.31 Å². The third-order valence-corrected chi connectivity index (χ3v) is 8.81. The van der Waals surface area contributed by atoms with Crippen LogP contribution in [0.4, 0.5) is 5.13 Å². The Morgan fingerprint density at radius 2 is 2.04 bits per heavy atom. The molecule has 0 aliphatic carbocycles. The average Bonchev–Trinajstić information content (AvgIpc) is 3.21. The number of piperidine rings is 1. The number of nitrogens with one attached hydrogen (secondary N) is 2. The van der Waals surface area contributed by atoms with E-state index in [4.69, 9.17) is 0 Å². The van der Waals surface area contributed by atoms with Crippen molar-refractivity contribution in [2.45, 2.75) is 36.9 Å². The maximum absolute atomic E-state index is 12.9. The number of hydrogen-bond acceptors (Lipinski definition) is 7. The molecule has 3 rings (SSSR count). The van der Waals surface area contributed by atoms with Crippen LogP contribution < -0.4 is 10.6 Å². The molecule has 0 radical (unpaired) electrons. The maximum atomic E-state index is 12.9. The molecule has 7 nitrogen and oxygen atoms in total. The van der Waals surface area contributed by atoms with Gasteiger partial charge >= 0.3 is 0 Å². The number of aryl methyl sites for hydroxylation is 1. The van der Waals surface area contributed by atoms with Crippen LogP contribution in [0.3, 0.4) is 0 Å². The summed E-state index contributed by atoms with van der Waals surface area (Å²) in [6, 6.07) is 2.09. The number of sulfonamides is 1. The van der Waals surface area contributed by atoms with Crippen molar-refractivity contribution < 1.29 is 13.2 Å². The summed E-state index contributed by atoms with van der Waals surface area (Å²) in [5.41, 5.74) is 1.60. The van der Waals surface area contributed by atoms with Gasteiger partial charge in [0.15, 0.2) is 5.13 Å². The molecule has 3 heterocycles. The minimum atomic E-state index is -3.47. The molecule has 1 fully saturated rings. The minimum absolute atomic E-state index is 0.177. The van der Waals surface area contributed by atoms with Crippen molar-refractivity contribution in [1.29, 1.82) is 0 Å². The van der Waals surface area contributed by atoms with Crippen LogP contribution in [0.1, 0.15) is 25.5 Å². The summed E-state index contributed by atoms with van der Waals surface area (Å²) in [6.07, 6.45) is 1.64. The lowest BCUT2D eigenvalue weighted by molar-refractivity contribution is -0.114. The highest BCUT2D eigenvalue weighted by atomic mass is 32.2. The summed E-state index contributed by atoms with van der Waals surface area (Å²) in [4.78, 5) is 16.4. The Labute approximate surface area is 161 Å². The molecule has 10 heteroatoms. The van der Waals surface area contributed by atoms with E-state index in [1.165, 1.54) is 29.6 Å². The van der Waals surface area contributed by atoms with Crippen LogP contribution in [0.15, 0.2) is 15.7 Å². The van der Waals surface area contributed by atoms with Crippen LogP contribution in [0.25, 0.3) is 10.4 Å². The molecule has 1 aliphatic heterocycles. The number of thiazole rings is 1. The monoisotopic (exact) mass is 414 g/mol. The van der Waals surface area contributed by atoms with E-state index in [0.29, 0.717) is 28.5 Å². The molecule has 142 valence electrons. The third kappa shape index (κ3) is 3.99. The second-order valence-electron chi connectivity index (χ2n) is 6.24. The number of carbonyl (C=O) groups is 1. The molecule has 0 unspecified atom stereocenters. The smallest absolute Gasteiger partial charge is 0.252 e. The van der Waals surface area contributed by atoms with Gasteiger partial charge in [0.25, 0.3) is 10.0 Å². The summed E-state index contributed by atoms with van der Waals surface area (Å²) in [6.45, 7) is 4.36. The normalized spacial score (nSPS) is 16.7. The Hall–Kier alpha value is -1.33. The van der Waals surface area contributed by atoms with Gasteiger partial charge in [-0.3, -0.25) is 4.79 Å². The molecule has 2 aromatic rings. The van der Waals surface area contributed by atoms with Gasteiger partial charge in [0.2, 0.25) is 5.91 Å². The van der Waals surface area contributed by atoms with Crippen molar-refractivity contribution in [2.75, 3.05) is 25.5 Å². The van der Waals surface area contributed by atoms with Gasteiger partial charge in [-0.1, -0.05) is 11.3 Å². The van der Waals surface area contributed by atoms with Crippen molar-refractivity contribution in [1.82, 2.24) is 14.6 Å². The van der Waals surface area contributed by atoms with Crippen LogP contribution in [-0.4, -0.2) is 49.8 Å². The van der Waals surface area contributed by atoms with Crippen molar-refractivity contribution in [3.05, 3.63) is 17.1 Å². The molecule has 2 N–H and O–H groups in total. The second-order valence-corrected chi connectivity index (χ2v) is 10.3. The van der Waals surface area contributed by atoms with E-state index in [1.54, 1.807) is 10.4 Å². The fraction of sp³-hybridized carbons (Fsp3) is 0.500. The Kier molecular flexibility index (Phi) is 5.78. The molecule has 2 aromatic heterocycles. The first kappa shape index (κ1) is 19.4. The lowest BCUT2D eigenvalue weighted by atomic mass is 10.1. The van der Waals surface area contributed by atoms with Gasteiger partial charge in [-0.05, 0) is 32.9 Å². The van der Waals surface area contributed by atoms with Gasteiger partial charge in [0, 0.05) is 37.0 Å². The number of aromatic nitrogens is 1. The Morgan fingerprint density at radius 1 is 1.35 bits per heavy atom. The lowest BCUT2D eigenvalue weighted by Gasteiger charge is -2.30. The van der Waals surface area contributed by atoms with Crippen molar-refractivity contribution in [3.63, 3.8) is 0 Å². The predicted octanol–water partition coefficient (Wildman–Crippen LogP) is 2.51. The van der Waals surface area contributed by atoms with Crippen LogP contribution in [-0.2, 0) is 14.8 Å². The highest BCUT2D eigenvalue weighted by Crippen LogP contribution is 2.37. The highest BCUT2D eigenvalue weighted by molar-refractivity contribution is 7.91. The van der Waals surface area contributed by atoms with E-state index in [1.807, 2.05) is 19.4 Å². The van der Waals surface area contributed by atoms with E-state index in [2.05, 4.69) is 15.6 Å². The first-order valence-electron chi connectivity index (χ1n) is 8.32. The average molecular weight is 415 g/mol. The first-order chi connectivity index (χ1) is 12.3. The number of hydrogen-bond donors (Lipinski definition) is 2. The SMILES string of the molecule is CNC1CCN(S(=O)(=O)c2cc(-c3sc(NC(C)=O)nc3C)cs2)CC1. The van der Waals surface area contributed by atoms with Crippen LogP contribution >= 0.6 is 22.7 Å². The number of carbonyl (C=O) groups excluding carboxylic acids is 1. The maximum Gasteiger partial charge on any atom is 0.252 e. The van der Waals surface area contributed by atoms with Crippen LogP contribution in [0.5, 0.6) is 0 Å². The fourth-order valence-corrected chi connectivity index (χ4v) is 6.82. The van der Waals surface area contributed by atoms with E-state index >= 15 is 0 Å². The molecular weight excluding hydrogens is 392 g/mol. The van der Waals surface area contributed by atoms with Crippen molar-refractivity contribution >= 4 is 43.7 Å². The summed E-state index contributed by atoms with van der Waals surface area (Å²) >= 11 is 2.58. The summed E-state index contributed by atoms with van der Waals surface area (Å²) in [7, 11) is -1.56. The molecule has 0 atom stereocenters. The van der Waals surface area contributed by atoms with Gasteiger partial charge in [0.1, 0.15) is 4.21 Å². The molecule has 26 heavy (non-hydrogen) atoms. The molecule has 1 aliphatic rings. The van der Waals surface area contributed by atoms with E-state index in [-0.39, 0.29) is 5.91 Å². The number of anilines is 1. The summed E-state index contributed by atoms with van der Waals surface area (Å²) < 4.78 is 27.7. The largest absolute Gasteiger partial charge is 0.317 e. The van der Waals surface area contributed by atoms with Crippen molar-refractivity contribution in [3.8, 4) is 10.4 Å². The minimum Gasteiger partial charge on any atom is -0.317 e. The molecule has 0 bridgehead atoms.